The van der Waals surface area contributed by atoms with Gasteiger partial charge in [0.2, 0.25) is 10.0 Å². The summed E-state index contributed by atoms with van der Waals surface area (Å²) in [5.41, 5.74) is -0.0444. The monoisotopic (exact) mass is 469 g/mol. The first kappa shape index (κ1) is 22.6. The molecule has 0 radical (unpaired) electrons. The summed E-state index contributed by atoms with van der Waals surface area (Å²) in [4.78, 5) is 14.9. The zero-order valence-electron chi connectivity index (χ0n) is 17.1. The van der Waals surface area contributed by atoms with Crippen molar-refractivity contribution in [2.24, 2.45) is 0 Å². The van der Waals surface area contributed by atoms with Crippen molar-refractivity contribution in [3.05, 3.63) is 53.3 Å². The van der Waals surface area contributed by atoms with Gasteiger partial charge in [0.05, 0.1) is 29.4 Å². The normalized spacial score (nSPS) is 17.5. The summed E-state index contributed by atoms with van der Waals surface area (Å²) in [5, 5.41) is 2.24. The van der Waals surface area contributed by atoms with Crippen LogP contribution in [0.25, 0.3) is 0 Å². The number of anilines is 2. The van der Waals surface area contributed by atoms with E-state index in [1.807, 2.05) is 4.90 Å². The molecule has 0 saturated carbocycles. The fourth-order valence-electron chi connectivity index (χ4n) is 3.84. The van der Waals surface area contributed by atoms with Crippen LogP contribution in [0.5, 0.6) is 0 Å². The lowest BCUT2D eigenvalue weighted by molar-refractivity contribution is 0.0730. The van der Waals surface area contributed by atoms with Crippen LogP contribution in [-0.2, 0) is 14.8 Å². The highest BCUT2D eigenvalue weighted by molar-refractivity contribution is 7.89. The Morgan fingerprint density at radius 3 is 2.31 bits per heavy atom. The fraction of sp³-hybridized carbons (Fsp3) is 0.381. The number of hydrogen-bond acceptors (Lipinski definition) is 5. The summed E-state index contributed by atoms with van der Waals surface area (Å²) in [5.74, 6) is -5.43. The first-order chi connectivity index (χ1) is 15.3. The number of carbonyl (C=O) groups is 1. The molecule has 2 aromatic rings. The van der Waals surface area contributed by atoms with Crippen molar-refractivity contribution in [3.8, 4) is 0 Å². The van der Waals surface area contributed by atoms with Gasteiger partial charge < -0.3 is 15.0 Å². The Kier molecular flexibility index (Phi) is 6.40. The van der Waals surface area contributed by atoms with Crippen molar-refractivity contribution in [3.63, 3.8) is 0 Å². The topological polar surface area (TPSA) is 79.0 Å². The third kappa shape index (κ3) is 4.32. The quantitative estimate of drug-likeness (QED) is 0.682. The lowest BCUT2D eigenvalue weighted by Gasteiger charge is -2.27. The van der Waals surface area contributed by atoms with E-state index in [4.69, 9.17) is 4.74 Å². The number of benzene rings is 2. The first-order valence-corrected chi connectivity index (χ1v) is 11.6. The highest BCUT2D eigenvalue weighted by Gasteiger charge is 2.29. The van der Waals surface area contributed by atoms with Gasteiger partial charge in [-0.3, -0.25) is 4.79 Å². The van der Waals surface area contributed by atoms with E-state index in [0.717, 1.165) is 18.9 Å². The summed E-state index contributed by atoms with van der Waals surface area (Å²) in [6, 6.07) is 5.85. The van der Waals surface area contributed by atoms with Crippen molar-refractivity contribution in [2.45, 2.75) is 17.7 Å². The number of rotatable bonds is 5. The summed E-state index contributed by atoms with van der Waals surface area (Å²) in [7, 11) is -3.88. The van der Waals surface area contributed by atoms with Gasteiger partial charge in [-0.15, -0.1) is 0 Å². The zero-order chi connectivity index (χ0) is 22.9. The van der Waals surface area contributed by atoms with E-state index < -0.39 is 39.1 Å². The summed E-state index contributed by atoms with van der Waals surface area (Å²) in [6.07, 6.45) is 1.82. The van der Waals surface area contributed by atoms with Gasteiger partial charge in [0.15, 0.2) is 17.5 Å². The molecule has 0 atom stereocenters. The number of sulfonamides is 1. The standard InChI is InChI=1S/C21H22F3N3O4S/c22-16-4-5-17(20(24)19(16)23)25-21(28)15-13-14(3-6-18(15)26-7-1-2-8-26)32(29,30)27-9-11-31-12-10-27/h3-6,13H,1-2,7-12H2,(H,25,28). The van der Waals surface area contributed by atoms with E-state index in [-0.39, 0.29) is 36.8 Å². The fourth-order valence-corrected chi connectivity index (χ4v) is 5.27. The molecule has 172 valence electrons. The molecule has 0 aromatic heterocycles. The van der Waals surface area contributed by atoms with Gasteiger partial charge in [0, 0.05) is 31.9 Å². The van der Waals surface area contributed by atoms with E-state index in [2.05, 4.69) is 5.32 Å². The third-order valence-electron chi connectivity index (χ3n) is 5.55. The van der Waals surface area contributed by atoms with Crippen LogP contribution in [-0.4, -0.2) is 58.0 Å². The molecule has 32 heavy (non-hydrogen) atoms. The van der Waals surface area contributed by atoms with Gasteiger partial charge in [0.1, 0.15) is 0 Å². The Labute approximate surface area is 183 Å². The molecule has 7 nitrogen and oxygen atoms in total. The molecular formula is C21H22F3N3O4S. The number of morpholine rings is 1. The van der Waals surface area contributed by atoms with Crippen LogP contribution in [0.3, 0.4) is 0 Å². The van der Waals surface area contributed by atoms with E-state index in [0.29, 0.717) is 24.8 Å². The van der Waals surface area contributed by atoms with Crippen LogP contribution in [0.15, 0.2) is 35.2 Å². The first-order valence-electron chi connectivity index (χ1n) is 10.2. The number of carbonyl (C=O) groups excluding carboxylic acids is 1. The number of nitrogens with one attached hydrogen (secondary N) is 1. The average Bonchev–Trinajstić information content (AvgIpc) is 3.34. The molecule has 2 saturated heterocycles. The second kappa shape index (κ2) is 9.08. The lowest BCUT2D eigenvalue weighted by Crippen LogP contribution is -2.40. The largest absolute Gasteiger partial charge is 0.379 e. The van der Waals surface area contributed by atoms with Crippen LogP contribution >= 0.6 is 0 Å². The molecule has 2 aliphatic heterocycles. The number of ether oxygens (including phenoxy) is 1. The van der Waals surface area contributed by atoms with Crippen LogP contribution in [0.2, 0.25) is 0 Å². The molecular weight excluding hydrogens is 447 g/mol. The summed E-state index contributed by atoms with van der Waals surface area (Å²) < 4.78 is 73.5. The minimum atomic E-state index is -3.88. The van der Waals surface area contributed by atoms with Crippen LogP contribution in [0, 0.1) is 17.5 Å². The molecule has 0 spiro atoms. The van der Waals surface area contributed by atoms with Gasteiger partial charge in [0.25, 0.3) is 5.91 Å². The highest BCUT2D eigenvalue weighted by atomic mass is 32.2. The smallest absolute Gasteiger partial charge is 0.257 e. The van der Waals surface area contributed by atoms with E-state index in [9.17, 15) is 26.4 Å². The number of nitrogens with zero attached hydrogens (tertiary/aromatic N) is 2. The van der Waals surface area contributed by atoms with Gasteiger partial charge >= 0.3 is 0 Å². The predicted molar refractivity (Wildman–Crippen MR) is 112 cm³/mol. The zero-order valence-corrected chi connectivity index (χ0v) is 17.9. The second-order valence-electron chi connectivity index (χ2n) is 7.57. The molecule has 1 N–H and O–H groups in total. The number of amides is 1. The third-order valence-corrected chi connectivity index (χ3v) is 7.45. The molecule has 0 unspecified atom stereocenters. The Morgan fingerprint density at radius 2 is 1.62 bits per heavy atom. The number of hydrogen-bond donors (Lipinski definition) is 1. The molecule has 2 heterocycles. The summed E-state index contributed by atoms with van der Waals surface area (Å²) >= 11 is 0. The predicted octanol–water partition coefficient (Wildman–Crippen LogP) is 2.98. The Balaban J connectivity index is 1.72. The molecule has 4 rings (SSSR count). The molecule has 0 bridgehead atoms. The van der Waals surface area contributed by atoms with Crippen LogP contribution in [0.1, 0.15) is 23.2 Å². The lowest BCUT2D eigenvalue weighted by atomic mass is 10.1. The maximum absolute atomic E-state index is 14.1. The number of halogens is 3. The van der Waals surface area contributed by atoms with Gasteiger partial charge in [-0.05, 0) is 43.2 Å². The molecule has 0 aliphatic carbocycles. The van der Waals surface area contributed by atoms with Crippen molar-refractivity contribution < 1.29 is 31.1 Å². The summed E-state index contributed by atoms with van der Waals surface area (Å²) in [6.45, 7) is 2.28. The molecule has 1 amide bonds. The average molecular weight is 469 g/mol. The van der Waals surface area contributed by atoms with Gasteiger partial charge in [-0.1, -0.05) is 0 Å². The molecule has 11 heteroatoms. The minimum absolute atomic E-state index is 0.00497. The minimum Gasteiger partial charge on any atom is -0.379 e. The van der Waals surface area contributed by atoms with E-state index in [1.165, 1.54) is 16.4 Å². The van der Waals surface area contributed by atoms with Crippen LogP contribution in [0.4, 0.5) is 24.5 Å². The van der Waals surface area contributed by atoms with Gasteiger partial charge in [-0.25, -0.2) is 21.6 Å². The van der Waals surface area contributed by atoms with Gasteiger partial charge in [-0.2, -0.15) is 4.31 Å². The Bertz CT molecular complexity index is 1130. The van der Waals surface area contributed by atoms with Crippen molar-refractivity contribution >= 4 is 27.3 Å². The highest BCUT2D eigenvalue weighted by Crippen LogP contribution is 2.30. The van der Waals surface area contributed by atoms with Crippen molar-refractivity contribution in [1.29, 1.82) is 0 Å². The van der Waals surface area contributed by atoms with Crippen molar-refractivity contribution in [2.75, 3.05) is 49.6 Å². The molecule has 2 fully saturated rings. The van der Waals surface area contributed by atoms with E-state index >= 15 is 0 Å². The SMILES string of the molecule is O=C(Nc1ccc(F)c(F)c1F)c1cc(S(=O)(=O)N2CCOCC2)ccc1N1CCCC1. The van der Waals surface area contributed by atoms with Crippen LogP contribution < -0.4 is 10.2 Å². The van der Waals surface area contributed by atoms with E-state index in [1.54, 1.807) is 6.07 Å². The maximum atomic E-state index is 14.1. The molecule has 2 aliphatic rings. The maximum Gasteiger partial charge on any atom is 0.257 e. The Morgan fingerprint density at radius 1 is 0.938 bits per heavy atom. The Hall–Kier alpha value is -2.63. The van der Waals surface area contributed by atoms with Crippen molar-refractivity contribution in [1.82, 2.24) is 4.31 Å². The molecule has 2 aromatic carbocycles. The second-order valence-corrected chi connectivity index (χ2v) is 9.50.